The van der Waals surface area contributed by atoms with Crippen molar-refractivity contribution < 1.29 is 5.11 Å². The van der Waals surface area contributed by atoms with Crippen molar-refractivity contribution in [2.75, 3.05) is 0 Å². The molecule has 1 aromatic rings. The van der Waals surface area contributed by atoms with E-state index >= 15 is 0 Å². The molecular weight excluding hydrogens is 298 g/mol. The van der Waals surface area contributed by atoms with Crippen LogP contribution in [-0.4, -0.2) is 5.11 Å². The van der Waals surface area contributed by atoms with Crippen LogP contribution in [0.3, 0.4) is 0 Å². The van der Waals surface area contributed by atoms with E-state index in [1.165, 1.54) is 0 Å². The van der Waals surface area contributed by atoms with E-state index in [-0.39, 0.29) is 5.75 Å². The van der Waals surface area contributed by atoms with Gasteiger partial charge in [0.2, 0.25) is 0 Å². The van der Waals surface area contributed by atoms with Gasteiger partial charge in [-0.2, -0.15) is 0 Å². The lowest BCUT2D eigenvalue weighted by atomic mass is 10.0. The summed E-state index contributed by atoms with van der Waals surface area (Å²) in [4.78, 5) is 0. The standard InChI is InChI=1S/C10H12ClIO/c1-6(2)8-4-3-7(5-12)9(11)10(8)13/h3-4,6,13H,5H2,1-2H3. The fourth-order valence-corrected chi connectivity index (χ4v) is 2.29. The van der Waals surface area contributed by atoms with Gasteiger partial charge in [0.25, 0.3) is 0 Å². The average molecular weight is 311 g/mol. The molecule has 3 heteroatoms. The monoisotopic (exact) mass is 310 g/mol. The first-order valence-corrected chi connectivity index (χ1v) is 6.04. The molecule has 0 fully saturated rings. The Labute approximate surface area is 97.3 Å². The van der Waals surface area contributed by atoms with Crippen LogP contribution in [0, 0.1) is 0 Å². The summed E-state index contributed by atoms with van der Waals surface area (Å²) in [6, 6.07) is 3.92. The summed E-state index contributed by atoms with van der Waals surface area (Å²) < 4.78 is 0.822. The smallest absolute Gasteiger partial charge is 0.137 e. The highest BCUT2D eigenvalue weighted by Crippen LogP contribution is 2.35. The predicted octanol–water partition coefficient (Wildman–Crippen LogP) is 4.10. The third kappa shape index (κ3) is 2.29. The van der Waals surface area contributed by atoms with Gasteiger partial charge in [0.05, 0.1) is 5.02 Å². The molecule has 0 aromatic heterocycles. The van der Waals surface area contributed by atoms with Crippen molar-refractivity contribution in [3.63, 3.8) is 0 Å². The van der Waals surface area contributed by atoms with Gasteiger partial charge in [-0.15, -0.1) is 0 Å². The summed E-state index contributed by atoms with van der Waals surface area (Å²) in [5.74, 6) is 0.548. The number of benzene rings is 1. The van der Waals surface area contributed by atoms with Crippen molar-refractivity contribution in [2.24, 2.45) is 0 Å². The summed E-state index contributed by atoms with van der Waals surface area (Å²) in [6.07, 6.45) is 0. The number of hydrogen-bond donors (Lipinski definition) is 1. The van der Waals surface area contributed by atoms with E-state index in [1.54, 1.807) is 0 Å². The Morgan fingerprint density at radius 3 is 2.54 bits per heavy atom. The molecule has 0 aliphatic rings. The second-order valence-electron chi connectivity index (χ2n) is 3.26. The largest absolute Gasteiger partial charge is 0.506 e. The van der Waals surface area contributed by atoms with Crippen LogP contribution in [0.1, 0.15) is 30.9 Å². The topological polar surface area (TPSA) is 20.2 Å². The predicted molar refractivity (Wildman–Crippen MR) is 64.9 cm³/mol. The molecule has 0 heterocycles. The molecule has 0 amide bonds. The zero-order valence-electron chi connectivity index (χ0n) is 7.64. The Morgan fingerprint density at radius 2 is 2.08 bits per heavy atom. The van der Waals surface area contributed by atoms with E-state index < -0.39 is 0 Å². The second kappa shape index (κ2) is 4.51. The molecule has 0 saturated heterocycles. The molecule has 72 valence electrons. The average Bonchev–Trinajstić information content (AvgIpc) is 2.09. The number of rotatable bonds is 2. The van der Waals surface area contributed by atoms with Gasteiger partial charge in [-0.25, -0.2) is 0 Å². The maximum Gasteiger partial charge on any atom is 0.137 e. The van der Waals surface area contributed by atoms with Crippen molar-refractivity contribution in [1.29, 1.82) is 0 Å². The van der Waals surface area contributed by atoms with Crippen LogP contribution in [0.5, 0.6) is 5.75 Å². The summed E-state index contributed by atoms with van der Waals surface area (Å²) in [5, 5.41) is 10.2. The third-order valence-corrected chi connectivity index (χ3v) is 3.24. The molecule has 1 nitrogen and oxygen atoms in total. The SMILES string of the molecule is CC(C)c1ccc(CI)c(Cl)c1O. The normalized spacial score (nSPS) is 10.8. The van der Waals surface area contributed by atoms with Gasteiger partial charge in [-0.3, -0.25) is 0 Å². The Kier molecular flexibility index (Phi) is 3.86. The van der Waals surface area contributed by atoms with Gasteiger partial charge in [-0.1, -0.05) is 60.2 Å². The zero-order valence-corrected chi connectivity index (χ0v) is 10.6. The van der Waals surface area contributed by atoms with E-state index in [4.69, 9.17) is 11.6 Å². The van der Waals surface area contributed by atoms with Crippen LogP contribution in [0.4, 0.5) is 0 Å². The first-order chi connectivity index (χ1) is 6.07. The molecule has 0 unspecified atom stereocenters. The Bertz CT molecular complexity index is 310. The lowest BCUT2D eigenvalue weighted by molar-refractivity contribution is 0.464. The first kappa shape index (κ1) is 11.1. The highest BCUT2D eigenvalue weighted by molar-refractivity contribution is 14.1. The molecule has 1 rings (SSSR count). The lowest BCUT2D eigenvalue weighted by Crippen LogP contribution is -1.91. The van der Waals surface area contributed by atoms with E-state index in [0.29, 0.717) is 10.9 Å². The molecule has 0 spiro atoms. The zero-order chi connectivity index (χ0) is 10.0. The van der Waals surface area contributed by atoms with Gasteiger partial charge in [0.1, 0.15) is 5.75 Å². The molecule has 0 saturated carbocycles. The van der Waals surface area contributed by atoms with Gasteiger partial charge < -0.3 is 5.11 Å². The molecule has 0 atom stereocenters. The molecule has 0 radical (unpaired) electrons. The van der Waals surface area contributed by atoms with E-state index in [2.05, 4.69) is 22.6 Å². The molecule has 0 aliphatic heterocycles. The summed E-state index contributed by atoms with van der Waals surface area (Å²) in [7, 11) is 0. The minimum absolute atomic E-state index is 0.242. The van der Waals surface area contributed by atoms with Crippen LogP contribution in [0.2, 0.25) is 5.02 Å². The van der Waals surface area contributed by atoms with E-state index in [1.807, 2.05) is 26.0 Å². The number of phenols is 1. The number of hydrogen-bond acceptors (Lipinski definition) is 1. The minimum Gasteiger partial charge on any atom is -0.506 e. The van der Waals surface area contributed by atoms with Gasteiger partial charge in [0, 0.05) is 4.43 Å². The second-order valence-corrected chi connectivity index (χ2v) is 4.41. The lowest BCUT2D eigenvalue weighted by Gasteiger charge is -2.11. The molecular formula is C10H12ClIO. The summed E-state index contributed by atoms with van der Waals surface area (Å²) in [5.41, 5.74) is 1.91. The summed E-state index contributed by atoms with van der Waals surface area (Å²) in [6.45, 7) is 4.07. The summed E-state index contributed by atoms with van der Waals surface area (Å²) >= 11 is 8.22. The van der Waals surface area contributed by atoms with Gasteiger partial charge in [-0.05, 0) is 17.0 Å². The minimum atomic E-state index is 0.242. The molecule has 1 aromatic carbocycles. The Balaban J connectivity index is 3.23. The molecule has 1 N–H and O–H groups in total. The fourth-order valence-electron chi connectivity index (χ4n) is 1.19. The van der Waals surface area contributed by atoms with Crippen molar-refractivity contribution >= 4 is 34.2 Å². The van der Waals surface area contributed by atoms with Crippen molar-refractivity contribution in [1.82, 2.24) is 0 Å². The Hall–Kier alpha value is 0.0400. The van der Waals surface area contributed by atoms with Gasteiger partial charge in [0.15, 0.2) is 0 Å². The molecule has 0 aliphatic carbocycles. The molecule has 0 bridgehead atoms. The number of halogens is 2. The van der Waals surface area contributed by atoms with Crippen LogP contribution in [0.15, 0.2) is 12.1 Å². The van der Waals surface area contributed by atoms with Crippen molar-refractivity contribution in [2.45, 2.75) is 24.2 Å². The van der Waals surface area contributed by atoms with Crippen LogP contribution < -0.4 is 0 Å². The molecule has 13 heavy (non-hydrogen) atoms. The van der Waals surface area contributed by atoms with Gasteiger partial charge >= 0.3 is 0 Å². The fraction of sp³-hybridized carbons (Fsp3) is 0.400. The maximum absolute atomic E-state index is 9.74. The number of alkyl halides is 1. The van der Waals surface area contributed by atoms with E-state index in [9.17, 15) is 5.11 Å². The Morgan fingerprint density at radius 1 is 1.46 bits per heavy atom. The van der Waals surface area contributed by atoms with Crippen LogP contribution >= 0.6 is 34.2 Å². The van der Waals surface area contributed by atoms with E-state index in [0.717, 1.165) is 15.6 Å². The number of aromatic hydroxyl groups is 1. The van der Waals surface area contributed by atoms with Crippen LogP contribution in [0.25, 0.3) is 0 Å². The quantitative estimate of drug-likeness (QED) is 0.644. The maximum atomic E-state index is 9.74. The van der Waals surface area contributed by atoms with Crippen molar-refractivity contribution in [3.05, 3.63) is 28.3 Å². The van der Waals surface area contributed by atoms with Crippen LogP contribution in [-0.2, 0) is 4.43 Å². The highest BCUT2D eigenvalue weighted by Gasteiger charge is 2.11. The number of phenolic OH excluding ortho intramolecular Hbond substituents is 1. The third-order valence-electron chi connectivity index (χ3n) is 1.99. The highest BCUT2D eigenvalue weighted by atomic mass is 127. The van der Waals surface area contributed by atoms with Crippen molar-refractivity contribution in [3.8, 4) is 5.75 Å². The first-order valence-electron chi connectivity index (χ1n) is 4.14.